The first-order chi connectivity index (χ1) is 17.1. The molecule has 0 aromatic heterocycles. The minimum absolute atomic E-state index is 0.943. The van der Waals surface area contributed by atoms with Crippen LogP contribution in [-0.4, -0.2) is 5.11 Å². The fourth-order valence-electron chi connectivity index (χ4n) is 6.46. The van der Waals surface area contributed by atoms with Crippen molar-refractivity contribution in [1.29, 1.82) is 0 Å². The Labute approximate surface area is 202 Å². The molecule has 0 unspecified atom stereocenters. The smallest absolute Gasteiger partial charge is 0.113 e. The molecule has 1 heteroatoms. The molecule has 0 aliphatic heterocycles. The zero-order valence-electron chi connectivity index (χ0n) is 19.3. The summed E-state index contributed by atoms with van der Waals surface area (Å²) in [6.07, 6.45) is 0. The van der Waals surface area contributed by atoms with Crippen molar-refractivity contribution in [3.8, 4) is 0 Å². The van der Waals surface area contributed by atoms with Gasteiger partial charge in [-0.1, -0.05) is 109 Å². The summed E-state index contributed by atoms with van der Waals surface area (Å²) >= 11 is 0. The summed E-state index contributed by atoms with van der Waals surface area (Å²) in [5, 5.41) is 26.9. The van der Waals surface area contributed by atoms with E-state index in [0.717, 1.165) is 21.9 Å². The lowest BCUT2D eigenvalue weighted by Gasteiger charge is -2.29. The van der Waals surface area contributed by atoms with Gasteiger partial charge in [-0.3, -0.25) is 0 Å². The number of hydrogen-bond donors (Lipinski definition) is 1. The largest absolute Gasteiger partial charge is 0.381 e. The lowest BCUT2D eigenvalue weighted by Crippen LogP contribution is -2.23. The molecular formula is C34H22O. The highest BCUT2D eigenvalue weighted by atomic mass is 16.3. The fourth-order valence-corrected chi connectivity index (χ4v) is 6.46. The first kappa shape index (κ1) is 19.1. The van der Waals surface area contributed by atoms with Crippen LogP contribution in [0.25, 0.3) is 64.6 Å². The van der Waals surface area contributed by atoms with Gasteiger partial charge in [-0.2, -0.15) is 0 Å². The zero-order valence-corrected chi connectivity index (χ0v) is 19.3. The Morgan fingerprint density at radius 1 is 0.400 bits per heavy atom. The second kappa shape index (κ2) is 6.47. The maximum Gasteiger partial charge on any atom is 0.113 e. The van der Waals surface area contributed by atoms with E-state index in [1.807, 2.05) is 6.92 Å². The molecule has 0 amide bonds. The Balaban J connectivity index is 1.48. The van der Waals surface area contributed by atoms with Gasteiger partial charge in [0.15, 0.2) is 0 Å². The van der Waals surface area contributed by atoms with Crippen LogP contribution in [0.15, 0.2) is 109 Å². The Bertz CT molecular complexity index is 1900. The van der Waals surface area contributed by atoms with Crippen LogP contribution in [-0.2, 0) is 5.60 Å². The van der Waals surface area contributed by atoms with Crippen LogP contribution >= 0.6 is 0 Å². The maximum absolute atomic E-state index is 12.3. The van der Waals surface area contributed by atoms with E-state index in [1.165, 1.54) is 53.9 Å². The molecule has 164 valence electrons. The summed E-state index contributed by atoms with van der Waals surface area (Å²) in [6, 6.07) is 39.0. The Morgan fingerprint density at radius 3 is 1.11 bits per heavy atom. The monoisotopic (exact) mass is 446 g/mol. The highest BCUT2D eigenvalue weighted by molar-refractivity contribution is 6.25. The number of rotatable bonds is 2. The molecule has 0 atom stereocenters. The van der Waals surface area contributed by atoms with Gasteiger partial charge >= 0.3 is 0 Å². The lowest BCUT2D eigenvalue weighted by molar-refractivity contribution is 0.105. The van der Waals surface area contributed by atoms with Crippen molar-refractivity contribution in [2.75, 3.05) is 0 Å². The third-order valence-corrected chi connectivity index (χ3v) is 8.11. The standard InChI is InChI=1S/C34H22O/c1-34(35,28-18-14-24-10-8-20-4-2-6-22-12-16-26(28)32(24)30(20)22)29-19-15-25-11-9-21-5-3-7-23-13-17-27(29)33(25)31(21)23/h2-19,35H,1H3. The highest BCUT2D eigenvalue weighted by Gasteiger charge is 2.31. The van der Waals surface area contributed by atoms with E-state index in [4.69, 9.17) is 0 Å². The second-order valence-electron chi connectivity index (χ2n) is 10.0. The second-order valence-corrected chi connectivity index (χ2v) is 10.0. The van der Waals surface area contributed by atoms with Crippen LogP contribution < -0.4 is 0 Å². The molecule has 0 spiro atoms. The van der Waals surface area contributed by atoms with Crippen LogP contribution in [0, 0.1) is 0 Å². The minimum atomic E-state index is -1.16. The van der Waals surface area contributed by atoms with E-state index >= 15 is 0 Å². The molecule has 1 nitrogen and oxygen atoms in total. The lowest BCUT2D eigenvalue weighted by atomic mass is 9.79. The summed E-state index contributed by atoms with van der Waals surface area (Å²) in [6.45, 7) is 1.95. The Morgan fingerprint density at radius 2 is 0.714 bits per heavy atom. The van der Waals surface area contributed by atoms with Gasteiger partial charge < -0.3 is 5.11 Å². The molecule has 0 saturated heterocycles. The molecule has 0 aliphatic rings. The van der Waals surface area contributed by atoms with Crippen molar-refractivity contribution in [1.82, 2.24) is 0 Å². The van der Waals surface area contributed by atoms with Crippen molar-refractivity contribution >= 4 is 64.6 Å². The topological polar surface area (TPSA) is 20.2 Å². The first-order valence-electron chi connectivity index (χ1n) is 12.2. The van der Waals surface area contributed by atoms with E-state index in [0.29, 0.717) is 0 Å². The highest BCUT2D eigenvalue weighted by Crippen LogP contribution is 2.44. The van der Waals surface area contributed by atoms with Crippen molar-refractivity contribution in [2.24, 2.45) is 0 Å². The van der Waals surface area contributed by atoms with E-state index in [9.17, 15) is 5.11 Å². The van der Waals surface area contributed by atoms with Gasteiger partial charge in [0.25, 0.3) is 0 Å². The van der Waals surface area contributed by atoms with Gasteiger partial charge in [-0.25, -0.2) is 0 Å². The zero-order chi connectivity index (χ0) is 23.3. The van der Waals surface area contributed by atoms with Gasteiger partial charge in [0.1, 0.15) is 5.60 Å². The molecule has 0 aliphatic carbocycles. The number of aliphatic hydroxyl groups is 1. The van der Waals surface area contributed by atoms with Crippen LogP contribution in [0.3, 0.4) is 0 Å². The van der Waals surface area contributed by atoms with E-state index in [-0.39, 0.29) is 0 Å². The van der Waals surface area contributed by atoms with Gasteiger partial charge in [0.05, 0.1) is 0 Å². The molecular weight excluding hydrogens is 424 g/mol. The van der Waals surface area contributed by atoms with Crippen molar-refractivity contribution in [3.05, 3.63) is 120 Å². The van der Waals surface area contributed by atoms with Crippen LogP contribution in [0.4, 0.5) is 0 Å². The summed E-state index contributed by atoms with van der Waals surface area (Å²) in [4.78, 5) is 0. The summed E-state index contributed by atoms with van der Waals surface area (Å²) < 4.78 is 0. The minimum Gasteiger partial charge on any atom is -0.381 e. The third kappa shape index (κ3) is 2.41. The fraction of sp³-hybridized carbons (Fsp3) is 0.0588. The predicted molar refractivity (Wildman–Crippen MR) is 149 cm³/mol. The molecule has 0 heterocycles. The molecule has 8 aromatic carbocycles. The van der Waals surface area contributed by atoms with Crippen molar-refractivity contribution in [3.63, 3.8) is 0 Å². The van der Waals surface area contributed by atoms with Gasteiger partial charge in [0, 0.05) is 0 Å². The number of hydrogen-bond acceptors (Lipinski definition) is 1. The molecule has 1 N–H and O–H groups in total. The van der Waals surface area contributed by atoms with Crippen molar-refractivity contribution < 1.29 is 5.11 Å². The Kier molecular flexibility index (Phi) is 3.54. The molecule has 8 aromatic rings. The molecule has 0 saturated carbocycles. The quantitative estimate of drug-likeness (QED) is 0.263. The normalized spacial score (nSPS) is 12.9. The average Bonchev–Trinajstić information content (AvgIpc) is 2.90. The molecule has 8 rings (SSSR count). The number of benzene rings is 8. The van der Waals surface area contributed by atoms with Crippen LogP contribution in [0.5, 0.6) is 0 Å². The molecule has 0 bridgehead atoms. The summed E-state index contributed by atoms with van der Waals surface area (Å²) in [7, 11) is 0. The predicted octanol–water partition coefficient (Wildman–Crippen LogP) is 8.74. The molecule has 35 heavy (non-hydrogen) atoms. The first-order valence-corrected chi connectivity index (χ1v) is 12.2. The Hall–Kier alpha value is -4.20. The van der Waals surface area contributed by atoms with E-state index in [2.05, 4.69) is 109 Å². The summed E-state index contributed by atoms with van der Waals surface area (Å²) in [5.74, 6) is 0. The summed E-state index contributed by atoms with van der Waals surface area (Å²) in [5.41, 5.74) is 0.724. The van der Waals surface area contributed by atoms with Gasteiger partial charge in [-0.05, 0) is 82.7 Å². The maximum atomic E-state index is 12.3. The molecule has 0 radical (unpaired) electrons. The van der Waals surface area contributed by atoms with Gasteiger partial charge in [0.2, 0.25) is 0 Å². The average molecular weight is 447 g/mol. The SMILES string of the molecule is CC(O)(c1ccc2ccc3cccc4ccc1c2c34)c1ccc2ccc3cccc4ccc1c2c34. The van der Waals surface area contributed by atoms with E-state index in [1.54, 1.807) is 0 Å². The third-order valence-electron chi connectivity index (χ3n) is 8.11. The van der Waals surface area contributed by atoms with Gasteiger partial charge in [-0.15, -0.1) is 0 Å². The van der Waals surface area contributed by atoms with Crippen molar-refractivity contribution in [2.45, 2.75) is 12.5 Å². The molecule has 0 fully saturated rings. The van der Waals surface area contributed by atoms with E-state index < -0.39 is 5.60 Å². The van der Waals surface area contributed by atoms with Crippen LogP contribution in [0.1, 0.15) is 18.1 Å². The van der Waals surface area contributed by atoms with Crippen LogP contribution in [0.2, 0.25) is 0 Å².